The number of aryl methyl sites for hydroxylation is 2. The van der Waals surface area contributed by atoms with Crippen LogP contribution in [0.25, 0.3) is 0 Å². The topological polar surface area (TPSA) is 95.8 Å². The number of hydrogen-bond donors (Lipinski definition) is 1. The van der Waals surface area contributed by atoms with E-state index in [1.165, 1.54) is 10.5 Å². The Morgan fingerprint density at radius 1 is 1.23 bits per heavy atom. The molecule has 0 unspecified atom stereocenters. The van der Waals surface area contributed by atoms with Crippen LogP contribution in [-0.4, -0.2) is 58.0 Å². The van der Waals surface area contributed by atoms with Gasteiger partial charge in [0.1, 0.15) is 11.3 Å². The first-order valence-electron chi connectivity index (χ1n) is 12.3. The van der Waals surface area contributed by atoms with Crippen molar-refractivity contribution >= 4 is 17.8 Å². The normalized spacial score (nSPS) is 20.5. The maximum absolute atomic E-state index is 13.6. The molecule has 1 aromatic carbocycles. The van der Waals surface area contributed by atoms with Gasteiger partial charge in [0.25, 0.3) is 11.8 Å². The summed E-state index contributed by atoms with van der Waals surface area (Å²) in [5.41, 5.74) is 0.541. The highest BCUT2D eigenvalue weighted by atomic mass is 16.5. The lowest BCUT2D eigenvalue weighted by Gasteiger charge is -2.40. The highest BCUT2D eigenvalue weighted by molar-refractivity contribution is 6.07. The van der Waals surface area contributed by atoms with Crippen LogP contribution in [0.1, 0.15) is 61.3 Å². The summed E-state index contributed by atoms with van der Waals surface area (Å²) in [4.78, 5) is 42.3. The van der Waals surface area contributed by atoms with E-state index in [0.717, 1.165) is 12.8 Å². The van der Waals surface area contributed by atoms with E-state index in [2.05, 4.69) is 34.4 Å². The van der Waals surface area contributed by atoms with Gasteiger partial charge in [0.15, 0.2) is 5.69 Å². The van der Waals surface area contributed by atoms with Crippen LogP contribution < -0.4 is 5.32 Å². The zero-order chi connectivity index (χ0) is 24.8. The second kappa shape index (κ2) is 10.8. The molecular formula is C27H32N4O4. The first-order chi connectivity index (χ1) is 17.0. The van der Waals surface area contributed by atoms with Crippen LogP contribution in [0, 0.1) is 17.8 Å². The first-order valence-corrected chi connectivity index (χ1v) is 12.3. The van der Waals surface area contributed by atoms with Crippen molar-refractivity contribution in [2.75, 3.05) is 19.6 Å². The van der Waals surface area contributed by atoms with E-state index in [-0.39, 0.29) is 30.3 Å². The molecular weight excluding hydrogens is 444 g/mol. The van der Waals surface area contributed by atoms with Gasteiger partial charge < -0.3 is 14.7 Å². The third-order valence-electron chi connectivity index (χ3n) is 7.10. The number of imide groups is 1. The Bertz CT molecular complexity index is 1120. The predicted molar refractivity (Wildman–Crippen MR) is 130 cm³/mol. The van der Waals surface area contributed by atoms with Crippen molar-refractivity contribution in [2.45, 2.75) is 57.9 Å². The minimum atomic E-state index is -0.973. The Hall–Kier alpha value is -3.60. The molecule has 1 aromatic heterocycles. The summed E-state index contributed by atoms with van der Waals surface area (Å²) < 4.78 is 5.19. The van der Waals surface area contributed by atoms with Crippen LogP contribution >= 0.6 is 0 Å². The van der Waals surface area contributed by atoms with Gasteiger partial charge >= 0.3 is 6.03 Å². The van der Waals surface area contributed by atoms with Crippen LogP contribution in [-0.2, 0) is 17.6 Å². The molecule has 2 saturated heterocycles. The van der Waals surface area contributed by atoms with Gasteiger partial charge in [-0.25, -0.2) is 4.79 Å². The third kappa shape index (κ3) is 5.09. The maximum Gasteiger partial charge on any atom is 0.325 e. The monoisotopic (exact) mass is 476 g/mol. The van der Waals surface area contributed by atoms with Crippen LogP contribution in [0.3, 0.4) is 0 Å². The fraction of sp³-hybridized carbons (Fsp3) is 0.481. The molecule has 3 heterocycles. The molecule has 1 N–H and O–H groups in total. The molecule has 2 aliphatic heterocycles. The molecule has 8 heteroatoms. The average molecular weight is 477 g/mol. The lowest BCUT2D eigenvalue weighted by atomic mass is 9.74. The van der Waals surface area contributed by atoms with Gasteiger partial charge in [-0.1, -0.05) is 48.3 Å². The fourth-order valence-electron chi connectivity index (χ4n) is 5.13. The van der Waals surface area contributed by atoms with Crippen molar-refractivity contribution in [3.63, 3.8) is 0 Å². The minimum absolute atomic E-state index is 0.0677. The zero-order valence-corrected chi connectivity index (χ0v) is 20.4. The first kappa shape index (κ1) is 24.5. The van der Waals surface area contributed by atoms with Crippen LogP contribution in [0.2, 0.25) is 0 Å². The zero-order valence-electron chi connectivity index (χ0n) is 20.4. The molecule has 0 bridgehead atoms. The summed E-state index contributed by atoms with van der Waals surface area (Å²) in [7, 11) is 0. The molecule has 2 aliphatic rings. The number of aromatic nitrogens is 1. The van der Waals surface area contributed by atoms with E-state index in [1.807, 2.05) is 25.1 Å². The van der Waals surface area contributed by atoms with Gasteiger partial charge in [-0.15, -0.1) is 5.92 Å². The highest BCUT2D eigenvalue weighted by Crippen LogP contribution is 2.37. The number of likely N-dealkylation sites (tertiary alicyclic amines) is 1. The number of nitrogens with one attached hydrogen (secondary N) is 1. The summed E-state index contributed by atoms with van der Waals surface area (Å²) >= 11 is 0. The lowest BCUT2D eigenvalue weighted by molar-refractivity contribution is -0.133. The second-order valence-corrected chi connectivity index (χ2v) is 9.16. The average Bonchev–Trinajstić information content (AvgIpc) is 3.46. The number of benzene rings is 1. The van der Waals surface area contributed by atoms with Gasteiger partial charge in [0.05, 0.1) is 6.54 Å². The van der Waals surface area contributed by atoms with Gasteiger partial charge in [-0.3, -0.25) is 14.5 Å². The molecule has 0 aliphatic carbocycles. The number of carbonyl (C=O) groups excluding carboxylic acids is 3. The van der Waals surface area contributed by atoms with E-state index < -0.39 is 5.54 Å². The second-order valence-electron chi connectivity index (χ2n) is 9.16. The van der Waals surface area contributed by atoms with E-state index >= 15 is 0 Å². The Labute approximate surface area is 206 Å². The lowest BCUT2D eigenvalue weighted by Crippen LogP contribution is -2.56. The molecule has 0 saturated carbocycles. The molecule has 2 aromatic rings. The molecule has 1 atom stereocenters. The summed E-state index contributed by atoms with van der Waals surface area (Å²) in [6.45, 7) is 4.72. The van der Waals surface area contributed by atoms with Crippen molar-refractivity contribution in [3.8, 4) is 11.8 Å². The van der Waals surface area contributed by atoms with Gasteiger partial charge in [-0.05, 0) is 50.5 Å². The SMILES string of the molecule is CC#CCN1C(=O)N[C@](CCCc2ccccc2)(C2CCN(C(=O)c3cc(CC)on3)CC2)C1=O. The molecule has 0 spiro atoms. The minimum Gasteiger partial charge on any atom is -0.361 e. The molecule has 4 rings (SSSR count). The number of urea groups is 1. The molecule has 2 fully saturated rings. The quantitative estimate of drug-likeness (QED) is 0.465. The van der Waals surface area contributed by atoms with Gasteiger partial charge in [0, 0.05) is 25.6 Å². The van der Waals surface area contributed by atoms with E-state index in [0.29, 0.717) is 50.2 Å². The molecule has 8 nitrogen and oxygen atoms in total. The maximum atomic E-state index is 13.6. The van der Waals surface area contributed by atoms with Crippen molar-refractivity contribution in [1.29, 1.82) is 0 Å². The number of carbonyl (C=O) groups is 3. The van der Waals surface area contributed by atoms with Crippen molar-refractivity contribution < 1.29 is 18.9 Å². The molecule has 35 heavy (non-hydrogen) atoms. The number of amides is 4. The molecule has 4 amide bonds. The fourth-order valence-corrected chi connectivity index (χ4v) is 5.13. The van der Waals surface area contributed by atoms with E-state index in [9.17, 15) is 14.4 Å². The summed E-state index contributed by atoms with van der Waals surface area (Å²) in [5.74, 6) is 5.86. The Kier molecular flexibility index (Phi) is 7.54. The third-order valence-corrected chi connectivity index (χ3v) is 7.10. The highest BCUT2D eigenvalue weighted by Gasteiger charge is 2.55. The largest absolute Gasteiger partial charge is 0.361 e. The number of hydrogen-bond acceptors (Lipinski definition) is 5. The summed E-state index contributed by atoms with van der Waals surface area (Å²) in [6.07, 6.45) is 4.05. The van der Waals surface area contributed by atoms with Gasteiger partial charge in [-0.2, -0.15) is 0 Å². The van der Waals surface area contributed by atoms with Gasteiger partial charge in [0.2, 0.25) is 0 Å². The standard InChI is InChI=1S/C27H32N4O4/c1-3-5-16-31-25(33)27(28-26(31)34,15-9-12-20-10-7-6-8-11-20)21-13-17-30(18-14-21)24(32)23-19-22(4-2)35-29-23/h6-8,10-11,19,21H,4,9,12-18H2,1-2H3,(H,28,34)/t27-/m1/s1. The Balaban J connectivity index is 1.48. The smallest absolute Gasteiger partial charge is 0.325 e. The van der Waals surface area contributed by atoms with Crippen molar-refractivity contribution in [3.05, 3.63) is 53.4 Å². The summed E-state index contributed by atoms with van der Waals surface area (Å²) in [5, 5.41) is 6.96. The van der Waals surface area contributed by atoms with Crippen molar-refractivity contribution in [2.24, 2.45) is 5.92 Å². The number of piperidine rings is 1. The van der Waals surface area contributed by atoms with E-state index in [4.69, 9.17) is 4.52 Å². The number of rotatable bonds is 8. The molecule has 184 valence electrons. The van der Waals surface area contributed by atoms with Crippen LogP contribution in [0.5, 0.6) is 0 Å². The summed E-state index contributed by atoms with van der Waals surface area (Å²) in [6, 6.07) is 11.4. The van der Waals surface area contributed by atoms with Crippen molar-refractivity contribution in [1.82, 2.24) is 20.3 Å². The van der Waals surface area contributed by atoms with E-state index in [1.54, 1.807) is 17.9 Å². The predicted octanol–water partition coefficient (Wildman–Crippen LogP) is 3.43. The van der Waals surface area contributed by atoms with Crippen LogP contribution in [0.4, 0.5) is 4.79 Å². The molecule has 0 radical (unpaired) electrons. The Morgan fingerprint density at radius 3 is 2.63 bits per heavy atom. The Morgan fingerprint density at radius 2 is 1.97 bits per heavy atom. The van der Waals surface area contributed by atoms with Crippen LogP contribution in [0.15, 0.2) is 40.9 Å². The number of nitrogens with zero attached hydrogens (tertiary/aromatic N) is 3.